The molecule has 0 radical (unpaired) electrons. The molecule has 0 aromatic heterocycles. The SMILES string of the molecule is COc1ccc(Cl)cc1C(=O)N(CCCl)C1CCCC1. The van der Waals surface area contributed by atoms with Gasteiger partial charge in [0.15, 0.2) is 0 Å². The predicted molar refractivity (Wildman–Crippen MR) is 82.0 cm³/mol. The summed E-state index contributed by atoms with van der Waals surface area (Å²) < 4.78 is 5.27. The molecule has 0 bridgehead atoms. The molecule has 1 saturated carbocycles. The van der Waals surface area contributed by atoms with Gasteiger partial charge in [-0.15, -0.1) is 11.6 Å². The second-order valence-corrected chi connectivity index (χ2v) is 5.78. The Balaban J connectivity index is 2.28. The number of methoxy groups -OCH3 is 1. The molecule has 0 aliphatic heterocycles. The summed E-state index contributed by atoms with van der Waals surface area (Å²) in [6, 6.07) is 5.39. The highest BCUT2D eigenvalue weighted by atomic mass is 35.5. The van der Waals surface area contributed by atoms with Crippen molar-refractivity contribution in [3.8, 4) is 5.75 Å². The van der Waals surface area contributed by atoms with E-state index in [-0.39, 0.29) is 11.9 Å². The van der Waals surface area contributed by atoms with Gasteiger partial charge >= 0.3 is 0 Å². The molecule has 0 unspecified atom stereocenters. The van der Waals surface area contributed by atoms with E-state index in [0.29, 0.717) is 28.8 Å². The Morgan fingerprint density at radius 1 is 1.40 bits per heavy atom. The summed E-state index contributed by atoms with van der Waals surface area (Å²) in [6.45, 7) is 0.556. The minimum Gasteiger partial charge on any atom is -0.496 e. The number of nitrogens with zero attached hydrogens (tertiary/aromatic N) is 1. The van der Waals surface area contributed by atoms with E-state index < -0.39 is 0 Å². The van der Waals surface area contributed by atoms with E-state index in [0.717, 1.165) is 12.8 Å². The predicted octanol–water partition coefficient (Wildman–Crippen LogP) is 3.97. The summed E-state index contributed by atoms with van der Waals surface area (Å²) in [5.41, 5.74) is 0.511. The molecule has 1 aliphatic rings. The Hall–Kier alpha value is -0.930. The molecular formula is C15H19Cl2NO2. The molecule has 0 atom stereocenters. The van der Waals surface area contributed by atoms with Gasteiger partial charge in [0.1, 0.15) is 5.75 Å². The van der Waals surface area contributed by atoms with Gasteiger partial charge in [-0.05, 0) is 31.0 Å². The van der Waals surface area contributed by atoms with Gasteiger partial charge in [-0.25, -0.2) is 0 Å². The Labute approximate surface area is 129 Å². The molecule has 5 heteroatoms. The van der Waals surface area contributed by atoms with Crippen LogP contribution in [-0.2, 0) is 0 Å². The van der Waals surface area contributed by atoms with Crippen molar-refractivity contribution in [2.75, 3.05) is 19.5 Å². The van der Waals surface area contributed by atoms with Crippen LogP contribution in [0.4, 0.5) is 0 Å². The lowest BCUT2D eigenvalue weighted by Gasteiger charge is -2.29. The van der Waals surface area contributed by atoms with E-state index in [9.17, 15) is 4.79 Å². The molecule has 1 amide bonds. The number of amides is 1. The molecule has 0 saturated heterocycles. The third-order valence-corrected chi connectivity index (χ3v) is 4.15. The maximum absolute atomic E-state index is 12.8. The molecule has 2 rings (SSSR count). The van der Waals surface area contributed by atoms with Crippen molar-refractivity contribution >= 4 is 29.1 Å². The Bertz CT molecular complexity index is 473. The Kier molecular flexibility index (Phi) is 5.55. The van der Waals surface area contributed by atoms with Gasteiger partial charge in [0.25, 0.3) is 5.91 Å². The summed E-state index contributed by atoms with van der Waals surface area (Å²) in [5.74, 6) is 0.944. The first kappa shape index (κ1) is 15.5. The molecule has 1 aromatic carbocycles. The van der Waals surface area contributed by atoms with Gasteiger partial charge in [0.2, 0.25) is 0 Å². The Morgan fingerprint density at radius 3 is 2.70 bits per heavy atom. The van der Waals surface area contributed by atoms with Gasteiger partial charge in [0.05, 0.1) is 12.7 Å². The van der Waals surface area contributed by atoms with Gasteiger partial charge in [-0.2, -0.15) is 0 Å². The number of halogens is 2. The zero-order chi connectivity index (χ0) is 14.5. The van der Waals surface area contributed by atoms with E-state index in [2.05, 4.69) is 0 Å². The van der Waals surface area contributed by atoms with Crippen molar-refractivity contribution < 1.29 is 9.53 Å². The average molecular weight is 316 g/mol. The van der Waals surface area contributed by atoms with Crippen LogP contribution in [0, 0.1) is 0 Å². The van der Waals surface area contributed by atoms with Crippen LogP contribution in [0.1, 0.15) is 36.0 Å². The zero-order valence-corrected chi connectivity index (χ0v) is 13.1. The molecule has 110 valence electrons. The van der Waals surface area contributed by atoms with Crippen molar-refractivity contribution in [3.63, 3.8) is 0 Å². The highest BCUT2D eigenvalue weighted by Crippen LogP contribution is 2.29. The lowest BCUT2D eigenvalue weighted by molar-refractivity contribution is 0.0691. The third kappa shape index (κ3) is 3.39. The van der Waals surface area contributed by atoms with E-state index >= 15 is 0 Å². The van der Waals surface area contributed by atoms with Crippen LogP contribution < -0.4 is 4.74 Å². The average Bonchev–Trinajstić information content (AvgIpc) is 2.98. The quantitative estimate of drug-likeness (QED) is 0.769. The van der Waals surface area contributed by atoms with Crippen LogP contribution in [0.5, 0.6) is 5.75 Å². The monoisotopic (exact) mass is 315 g/mol. The standard InChI is InChI=1S/C15H19Cl2NO2/c1-20-14-7-6-11(17)10-13(14)15(19)18(9-8-16)12-4-2-3-5-12/h6-7,10,12H,2-5,8-9H2,1H3. The van der Waals surface area contributed by atoms with Gasteiger partial charge in [0, 0.05) is 23.5 Å². The van der Waals surface area contributed by atoms with Crippen molar-refractivity contribution in [3.05, 3.63) is 28.8 Å². The van der Waals surface area contributed by atoms with Crippen LogP contribution in [0.15, 0.2) is 18.2 Å². The van der Waals surface area contributed by atoms with Crippen LogP contribution in [0.3, 0.4) is 0 Å². The van der Waals surface area contributed by atoms with Crippen LogP contribution in [0.2, 0.25) is 5.02 Å². The number of carbonyl (C=O) groups is 1. The molecule has 20 heavy (non-hydrogen) atoms. The minimum absolute atomic E-state index is 0.0445. The van der Waals surface area contributed by atoms with Crippen LogP contribution >= 0.6 is 23.2 Å². The van der Waals surface area contributed by atoms with E-state index in [1.165, 1.54) is 12.8 Å². The van der Waals surface area contributed by atoms with Crippen molar-refractivity contribution in [2.24, 2.45) is 0 Å². The number of hydrogen-bond acceptors (Lipinski definition) is 2. The van der Waals surface area contributed by atoms with Gasteiger partial charge in [-0.1, -0.05) is 24.4 Å². The maximum atomic E-state index is 12.8. The fraction of sp³-hybridized carbons (Fsp3) is 0.533. The molecular weight excluding hydrogens is 297 g/mol. The van der Waals surface area contributed by atoms with E-state index in [1.807, 2.05) is 4.90 Å². The Morgan fingerprint density at radius 2 is 2.10 bits per heavy atom. The molecule has 1 aliphatic carbocycles. The van der Waals surface area contributed by atoms with E-state index in [4.69, 9.17) is 27.9 Å². The van der Waals surface area contributed by atoms with Crippen LogP contribution in [-0.4, -0.2) is 36.4 Å². The van der Waals surface area contributed by atoms with E-state index in [1.54, 1.807) is 25.3 Å². The number of benzene rings is 1. The summed E-state index contributed by atoms with van der Waals surface area (Å²) in [6.07, 6.45) is 4.43. The first-order valence-corrected chi connectivity index (χ1v) is 7.79. The number of alkyl halides is 1. The van der Waals surface area contributed by atoms with Gasteiger partial charge < -0.3 is 9.64 Å². The van der Waals surface area contributed by atoms with Crippen molar-refractivity contribution in [2.45, 2.75) is 31.7 Å². The number of ether oxygens (including phenoxy) is 1. The lowest BCUT2D eigenvalue weighted by Crippen LogP contribution is -2.40. The third-order valence-electron chi connectivity index (χ3n) is 3.74. The zero-order valence-electron chi connectivity index (χ0n) is 11.6. The molecule has 3 nitrogen and oxygen atoms in total. The topological polar surface area (TPSA) is 29.5 Å². The smallest absolute Gasteiger partial charge is 0.257 e. The first-order valence-electron chi connectivity index (χ1n) is 6.88. The highest BCUT2D eigenvalue weighted by Gasteiger charge is 2.28. The minimum atomic E-state index is -0.0445. The largest absolute Gasteiger partial charge is 0.496 e. The fourth-order valence-corrected chi connectivity index (χ4v) is 3.11. The molecule has 0 spiro atoms. The lowest BCUT2D eigenvalue weighted by atomic mass is 10.1. The second-order valence-electron chi connectivity index (χ2n) is 4.97. The van der Waals surface area contributed by atoms with Crippen molar-refractivity contribution in [1.82, 2.24) is 4.90 Å². The molecule has 0 heterocycles. The van der Waals surface area contributed by atoms with Crippen molar-refractivity contribution in [1.29, 1.82) is 0 Å². The number of hydrogen-bond donors (Lipinski definition) is 0. The summed E-state index contributed by atoms with van der Waals surface area (Å²) in [5, 5.41) is 0.534. The molecule has 0 N–H and O–H groups in total. The summed E-state index contributed by atoms with van der Waals surface area (Å²) in [4.78, 5) is 14.7. The fourth-order valence-electron chi connectivity index (χ4n) is 2.76. The number of rotatable bonds is 5. The maximum Gasteiger partial charge on any atom is 0.257 e. The molecule has 1 fully saturated rings. The summed E-state index contributed by atoms with van der Waals surface area (Å²) in [7, 11) is 1.56. The second kappa shape index (κ2) is 7.19. The normalized spacial score (nSPS) is 15.3. The molecule has 1 aromatic rings. The number of carbonyl (C=O) groups excluding carboxylic acids is 1. The highest BCUT2D eigenvalue weighted by molar-refractivity contribution is 6.31. The first-order chi connectivity index (χ1) is 9.67. The summed E-state index contributed by atoms with van der Waals surface area (Å²) >= 11 is 11.9. The van der Waals surface area contributed by atoms with Crippen LogP contribution in [0.25, 0.3) is 0 Å². The van der Waals surface area contributed by atoms with Gasteiger partial charge in [-0.3, -0.25) is 4.79 Å².